The zero-order valence-corrected chi connectivity index (χ0v) is 21.6. The van der Waals surface area contributed by atoms with Gasteiger partial charge in [-0.2, -0.15) is 4.98 Å². The summed E-state index contributed by atoms with van der Waals surface area (Å²) in [5.74, 6) is -1.83. The number of nitrogens with two attached hydrogens (primary N) is 3. The fourth-order valence-corrected chi connectivity index (χ4v) is 6.39. The molecule has 0 radical (unpaired) electrons. The quantitative estimate of drug-likeness (QED) is 0.0465. The Morgan fingerprint density at radius 2 is 2.11 bits per heavy atom. The fraction of sp³-hybridized carbons (Fsp3) is 0.316. The first-order chi connectivity index (χ1) is 17.7. The Balaban J connectivity index is 1.49. The van der Waals surface area contributed by atoms with Crippen molar-refractivity contribution in [2.75, 3.05) is 42.6 Å². The first kappa shape index (κ1) is 26.5. The molecule has 2 aromatic heterocycles. The number of ether oxygens (including phenoxy) is 1. The molecule has 0 bridgehead atoms. The van der Waals surface area contributed by atoms with E-state index in [9.17, 15) is 19.5 Å². The molecule has 2 aliphatic heterocycles. The maximum atomic E-state index is 13.0. The van der Waals surface area contributed by atoms with E-state index < -0.39 is 29.2 Å². The van der Waals surface area contributed by atoms with Gasteiger partial charge in [0.15, 0.2) is 10.8 Å². The number of carboxylic acids is 1. The fourth-order valence-electron chi connectivity index (χ4n) is 3.44. The monoisotopic (exact) mass is 567 g/mol. The van der Waals surface area contributed by atoms with Crippen molar-refractivity contribution < 1.29 is 29.1 Å². The summed E-state index contributed by atoms with van der Waals surface area (Å²) in [6.45, 7) is -0.216. The zero-order valence-electron chi connectivity index (χ0n) is 19.1. The van der Waals surface area contributed by atoms with Crippen LogP contribution < -0.4 is 22.5 Å². The lowest BCUT2D eigenvalue weighted by atomic mass is 10.0. The summed E-state index contributed by atoms with van der Waals surface area (Å²) >= 11 is 3.64. The molecule has 196 valence electrons. The Morgan fingerprint density at radius 1 is 1.32 bits per heavy atom. The molecule has 1 unspecified atom stereocenters. The SMILES string of the molecule is COCO/N=C(/C(=O)NC1C(=O)N2C(C(=O)O)=C(CSc3cc(N)nc(N)n3)CS[C@H]12)c1csc(N)n1. The molecule has 0 spiro atoms. The molecule has 2 amide bonds. The van der Waals surface area contributed by atoms with Crippen LogP contribution in [-0.2, 0) is 24.0 Å². The van der Waals surface area contributed by atoms with E-state index in [1.807, 2.05) is 0 Å². The van der Waals surface area contributed by atoms with E-state index in [0.717, 1.165) is 11.3 Å². The van der Waals surface area contributed by atoms with Gasteiger partial charge >= 0.3 is 5.97 Å². The minimum absolute atomic E-state index is 0.000363. The minimum Gasteiger partial charge on any atom is -0.477 e. The summed E-state index contributed by atoms with van der Waals surface area (Å²) in [4.78, 5) is 56.1. The standard InChI is InChI=1S/C19H21N9O6S3/c1-33-6-34-27-11(8-5-37-19(22)23-8)14(29)26-12-15(30)28-13(17(31)32)7(4-36-16(12)28)3-35-10-2-9(20)24-18(21)25-10/h2,5,12,16H,3-4,6H2,1H3,(H2,22,23)(H,26,29)(H,31,32)(H4,20,21,24,25)/b27-11+/t12?,16-/m1/s1. The molecule has 18 heteroatoms. The number of carbonyl (C=O) groups excluding carboxylic acids is 2. The first-order valence-corrected chi connectivity index (χ1v) is 13.2. The Kier molecular flexibility index (Phi) is 8.00. The minimum atomic E-state index is -1.26. The average molecular weight is 568 g/mol. The topological polar surface area (TPSA) is 234 Å². The second kappa shape index (κ2) is 11.2. The Labute approximate surface area is 221 Å². The summed E-state index contributed by atoms with van der Waals surface area (Å²) < 4.78 is 4.77. The number of oxime groups is 1. The maximum Gasteiger partial charge on any atom is 0.352 e. The molecule has 8 N–H and O–H groups in total. The van der Waals surface area contributed by atoms with Crippen LogP contribution in [-0.4, -0.2) is 85.3 Å². The number of anilines is 3. The van der Waals surface area contributed by atoms with Crippen LogP contribution in [0.25, 0.3) is 0 Å². The van der Waals surface area contributed by atoms with Gasteiger partial charge in [-0.1, -0.05) is 5.16 Å². The molecule has 0 aromatic carbocycles. The van der Waals surface area contributed by atoms with Crippen molar-refractivity contribution in [1.29, 1.82) is 0 Å². The van der Waals surface area contributed by atoms with E-state index in [-0.39, 0.29) is 46.5 Å². The molecule has 15 nitrogen and oxygen atoms in total. The largest absolute Gasteiger partial charge is 0.477 e. The highest BCUT2D eigenvalue weighted by Crippen LogP contribution is 2.41. The summed E-state index contributed by atoms with van der Waals surface area (Å²) in [6, 6.07) is 0.540. The average Bonchev–Trinajstić information content (AvgIpc) is 3.28. The van der Waals surface area contributed by atoms with Gasteiger partial charge in [-0.3, -0.25) is 14.5 Å². The second-order valence-corrected chi connectivity index (χ2v) is 10.4. The van der Waals surface area contributed by atoms with Gasteiger partial charge in [0, 0.05) is 30.1 Å². The molecule has 2 atom stereocenters. The molecular weight excluding hydrogens is 546 g/mol. The number of hydrogen-bond acceptors (Lipinski definition) is 15. The third-order valence-electron chi connectivity index (χ3n) is 4.98. The van der Waals surface area contributed by atoms with E-state index in [1.54, 1.807) is 0 Å². The number of β-lactam (4-membered cyclic amide) rings is 1. The second-order valence-electron chi connectivity index (χ2n) is 7.44. The van der Waals surface area contributed by atoms with E-state index in [2.05, 4.69) is 25.4 Å². The Morgan fingerprint density at radius 3 is 2.76 bits per heavy atom. The number of rotatable bonds is 10. The van der Waals surface area contributed by atoms with Gasteiger partial charge in [0.2, 0.25) is 12.7 Å². The highest BCUT2D eigenvalue weighted by atomic mass is 32.2. The molecule has 4 rings (SSSR count). The van der Waals surface area contributed by atoms with Crippen molar-refractivity contribution in [3.63, 3.8) is 0 Å². The van der Waals surface area contributed by atoms with Crippen molar-refractivity contribution in [3.05, 3.63) is 28.4 Å². The van der Waals surface area contributed by atoms with Gasteiger partial charge in [-0.25, -0.2) is 14.8 Å². The predicted octanol–water partition coefficient (Wildman–Crippen LogP) is -0.465. The molecule has 1 fully saturated rings. The van der Waals surface area contributed by atoms with Gasteiger partial charge in [0.1, 0.15) is 33.7 Å². The summed E-state index contributed by atoms with van der Waals surface area (Å²) in [5, 5.41) is 17.8. The third kappa shape index (κ3) is 5.71. The summed E-state index contributed by atoms with van der Waals surface area (Å²) in [7, 11) is 1.39. The van der Waals surface area contributed by atoms with Gasteiger partial charge < -0.3 is 37.2 Å². The molecular formula is C19H21N9O6S3. The number of aromatic nitrogens is 3. The number of fused-ring (bicyclic) bond motifs is 1. The number of amides is 2. The number of nitrogens with one attached hydrogen (secondary N) is 1. The lowest BCUT2D eigenvalue weighted by molar-refractivity contribution is -0.150. The normalized spacial score (nSPS) is 19.3. The molecule has 0 aliphatic carbocycles. The zero-order chi connectivity index (χ0) is 26.7. The smallest absolute Gasteiger partial charge is 0.352 e. The van der Waals surface area contributed by atoms with Crippen molar-refractivity contribution in [3.8, 4) is 0 Å². The molecule has 1 saturated heterocycles. The van der Waals surface area contributed by atoms with E-state index in [1.165, 1.54) is 47.0 Å². The number of methoxy groups -OCH3 is 1. The van der Waals surface area contributed by atoms with Gasteiger partial charge in [-0.15, -0.1) is 34.9 Å². The van der Waals surface area contributed by atoms with E-state index >= 15 is 0 Å². The highest BCUT2D eigenvalue weighted by molar-refractivity contribution is 8.01. The van der Waals surface area contributed by atoms with Crippen molar-refractivity contribution in [2.45, 2.75) is 16.4 Å². The summed E-state index contributed by atoms with van der Waals surface area (Å²) in [6.07, 6.45) is 0. The van der Waals surface area contributed by atoms with Crippen LogP contribution in [0.4, 0.5) is 16.9 Å². The lowest BCUT2D eigenvalue weighted by Crippen LogP contribution is -2.71. The molecule has 4 heterocycles. The van der Waals surface area contributed by atoms with Crippen LogP contribution in [0.2, 0.25) is 0 Å². The predicted molar refractivity (Wildman–Crippen MR) is 137 cm³/mol. The molecule has 37 heavy (non-hydrogen) atoms. The van der Waals surface area contributed by atoms with Crippen molar-refractivity contribution in [1.82, 2.24) is 25.2 Å². The van der Waals surface area contributed by atoms with E-state index in [4.69, 9.17) is 26.8 Å². The molecule has 0 saturated carbocycles. The number of carboxylic acid groups (broad SMARTS) is 1. The Hall–Kier alpha value is -3.61. The number of aliphatic carboxylic acids is 1. The van der Waals surface area contributed by atoms with Crippen LogP contribution in [0, 0.1) is 0 Å². The van der Waals surface area contributed by atoms with Crippen LogP contribution in [0.5, 0.6) is 0 Å². The van der Waals surface area contributed by atoms with Crippen LogP contribution in [0.3, 0.4) is 0 Å². The number of thiazole rings is 1. The number of nitrogen functional groups attached to an aromatic ring is 3. The highest BCUT2D eigenvalue weighted by Gasteiger charge is 2.54. The number of carbonyl (C=O) groups is 3. The molecule has 2 aromatic rings. The van der Waals surface area contributed by atoms with Gasteiger partial charge in [0.25, 0.3) is 11.8 Å². The first-order valence-electron chi connectivity index (χ1n) is 10.3. The van der Waals surface area contributed by atoms with Crippen LogP contribution in [0.15, 0.2) is 32.9 Å². The van der Waals surface area contributed by atoms with E-state index in [0.29, 0.717) is 16.4 Å². The number of nitrogens with zero attached hydrogens (tertiary/aromatic N) is 5. The van der Waals surface area contributed by atoms with Crippen molar-refractivity contribution in [2.24, 2.45) is 5.16 Å². The summed E-state index contributed by atoms with van der Waals surface area (Å²) in [5.41, 5.74) is 17.3. The number of thioether (sulfide) groups is 2. The van der Waals surface area contributed by atoms with Gasteiger partial charge in [-0.05, 0) is 5.57 Å². The Bertz CT molecular complexity index is 1280. The van der Waals surface area contributed by atoms with Gasteiger partial charge in [0.05, 0.1) is 0 Å². The van der Waals surface area contributed by atoms with Crippen LogP contribution >= 0.6 is 34.9 Å². The molecule has 2 aliphatic rings. The van der Waals surface area contributed by atoms with Crippen LogP contribution in [0.1, 0.15) is 5.69 Å². The maximum absolute atomic E-state index is 13.0. The number of hydrogen-bond donors (Lipinski definition) is 5. The third-order valence-corrected chi connectivity index (χ3v) is 7.99. The van der Waals surface area contributed by atoms with Crippen molar-refractivity contribution >= 4 is 75.3 Å². The lowest BCUT2D eigenvalue weighted by Gasteiger charge is -2.49.